The van der Waals surface area contributed by atoms with E-state index < -0.39 is 10.7 Å². The Bertz CT molecular complexity index is 768. The van der Waals surface area contributed by atoms with Crippen LogP contribution >= 0.6 is 11.6 Å². The van der Waals surface area contributed by atoms with Gasteiger partial charge < -0.3 is 9.64 Å². The third-order valence-corrected chi connectivity index (χ3v) is 5.17. The summed E-state index contributed by atoms with van der Waals surface area (Å²) in [5, 5.41) is -0.403. The van der Waals surface area contributed by atoms with Gasteiger partial charge in [-0.15, -0.1) is 0 Å². The zero-order chi connectivity index (χ0) is 17.9. The van der Waals surface area contributed by atoms with Crippen molar-refractivity contribution in [2.45, 2.75) is 25.2 Å². The van der Waals surface area contributed by atoms with Crippen molar-refractivity contribution in [1.82, 2.24) is 4.90 Å². The van der Waals surface area contributed by atoms with Crippen molar-refractivity contribution in [3.05, 3.63) is 60.2 Å². The number of carbonyl (C=O) groups is 2. The largest absolute Gasteiger partial charge is 0.457 e. The minimum absolute atomic E-state index is 0.0180. The predicted octanol–water partition coefficient (Wildman–Crippen LogP) is 4.12. The van der Waals surface area contributed by atoms with Crippen LogP contribution in [0.2, 0.25) is 0 Å². The maximum absolute atomic E-state index is 12.4. The lowest BCUT2D eigenvalue weighted by Gasteiger charge is -2.40. The number of amides is 1. The monoisotopic (exact) mass is 357 g/mol. The van der Waals surface area contributed by atoms with Gasteiger partial charge in [-0.05, 0) is 42.6 Å². The van der Waals surface area contributed by atoms with Crippen molar-refractivity contribution < 1.29 is 14.3 Å². The number of carbonyl (C=O) groups excluding carboxylic acids is 2. The molecule has 0 aromatic heterocycles. The molecular weight excluding hydrogens is 338 g/mol. The van der Waals surface area contributed by atoms with Gasteiger partial charge in [0.15, 0.2) is 0 Å². The van der Waals surface area contributed by atoms with Crippen LogP contribution in [-0.4, -0.2) is 29.1 Å². The Morgan fingerprint density at radius 2 is 1.60 bits per heavy atom. The van der Waals surface area contributed by atoms with Crippen molar-refractivity contribution >= 4 is 22.8 Å². The number of piperidine rings is 1. The van der Waals surface area contributed by atoms with E-state index in [1.54, 1.807) is 11.8 Å². The van der Waals surface area contributed by atoms with Crippen LogP contribution in [0.25, 0.3) is 0 Å². The number of ether oxygens (including phenoxy) is 1. The van der Waals surface area contributed by atoms with E-state index in [1.807, 2.05) is 54.6 Å². The molecule has 1 fully saturated rings. The molecule has 2 aromatic carbocycles. The van der Waals surface area contributed by atoms with Crippen molar-refractivity contribution in [3.8, 4) is 11.5 Å². The summed E-state index contributed by atoms with van der Waals surface area (Å²) in [6.07, 6.45) is 0.980. The van der Waals surface area contributed by atoms with E-state index in [-0.39, 0.29) is 5.91 Å². The maximum Gasteiger partial charge on any atom is 0.232 e. The van der Waals surface area contributed by atoms with Crippen LogP contribution in [0.4, 0.5) is 0 Å². The quantitative estimate of drug-likeness (QED) is 0.773. The molecule has 2 aromatic rings. The van der Waals surface area contributed by atoms with Crippen LogP contribution in [-0.2, 0) is 15.0 Å². The Morgan fingerprint density at radius 1 is 1.00 bits per heavy atom. The van der Waals surface area contributed by atoms with E-state index in [1.165, 1.54) is 0 Å². The molecule has 0 spiro atoms. The second-order valence-corrected chi connectivity index (χ2v) is 6.62. The van der Waals surface area contributed by atoms with E-state index in [2.05, 4.69) is 0 Å². The molecule has 3 rings (SSSR count). The number of hydrogen-bond acceptors (Lipinski definition) is 3. The van der Waals surface area contributed by atoms with Crippen LogP contribution in [0.1, 0.15) is 25.3 Å². The van der Waals surface area contributed by atoms with Gasteiger partial charge in [-0.2, -0.15) is 0 Å². The number of rotatable bonds is 4. The SMILES string of the molecule is CC(=O)N1CCC(C(=O)Cl)(c2ccccc2Oc2ccccc2)CC1. The molecule has 1 heterocycles. The minimum Gasteiger partial charge on any atom is -0.457 e. The van der Waals surface area contributed by atoms with Crippen molar-refractivity contribution in [2.75, 3.05) is 13.1 Å². The summed E-state index contributed by atoms with van der Waals surface area (Å²) in [7, 11) is 0. The zero-order valence-electron chi connectivity index (χ0n) is 14.1. The van der Waals surface area contributed by atoms with E-state index in [4.69, 9.17) is 16.3 Å². The number of para-hydroxylation sites is 2. The zero-order valence-corrected chi connectivity index (χ0v) is 14.8. The molecule has 0 N–H and O–H groups in total. The average molecular weight is 358 g/mol. The lowest BCUT2D eigenvalue weighted by molar-refractivity contribution is -0.132. The fraction of sp³-hybridized carbons (Fsp3) is 0.300. The predicted molar refractivity (Wildman–Crippen MR) is 97.0 cm³/mol. The molecule has 0 unspecified atom stereocenters. The van der Waals surface area contributed by atoms with Crippen molar-refractivity contribution in [1.29, 1.82) is 0 Å². The number of benzene rings is 2. The number of likely N-dealkylation sites (tertiary alicyclic amines) is 1. The van der Waals surface area contributed by atoms with Crippen molar-refractivity contribution in [2.24, 2.45) is 0 Å². The number of nitrogens with zero attached hydrogens (tertiary/aromatic N) is 1. The van der Waals surface area contributed by atoms with Crippen LogP contribution in [0.3, 0.4) is 0 Å². The number of halogens is 1. The molecule has 130 valence electrons. The fourth-order valence-electron chi connectivity index (χ4n) is 3.34. The van der Waals surface area contributed by atoms with Crippen LogP contribution < -0.4 is 4.74 Å². The summed E-state index contributed by atoms with van der Waals surface area (Å²) in [5.41, 5.74) is -0.0548. The van der Waals surface area contributed by atoms with E-state index >= 15 is 0 Å². The first-order valence-electron chi connectivity index (χ1n) is 8.31. The highest BCUT2D eigenvalue weighted by Crippen LogP contribution is 2.43. The van der Waals surface area contributed by atoms with Crippen molar-refractivity contribution in [3.63, 3.8) is 0 Å². The van der Waals surface area contributed by atoms with Gasteiger partial charge in [-0.25, -0.2) is 0 Å². The molecule has 0 saturated carbocycles. The Labute approximate surface area is 152 Å². The van der Waals surface area contributed by atoms with Gasteiger partial charge in [0.25, 0.3) is 0 Å². The van der Waals surface area contributed by atoms with Crippen LogP contribution in [0.5, 0.6) is 11.5 Å². The van der Waals surface area contributed by atoms with Gasteiger partial charge in [-0.1, -0.05) is 36.4 Å². The summed E-state index contributed by atoms with van der Waals surface area (Å²) in [4.78, 5) is 25.8. The van der Waals surface area contributed by atoms with Gasteiger partial charge in [0.2, 0.25) is 11.1 Å². The van der Waals surface area contributed by atoms with Crippen LogP contribution in [0, 0.1) is 0 Å². The summed E-state index contributed by atoms with van der Waals surface area (Å²) >= 11 is 6.05. The summed E-state index contributed by atoms with van der Waals surface area (Å²) in [6.45, 7) is 2.56. The van der Waals surface area contributed by atoms with E-state index in [0.717, 1.165) is 5.56 Å². The topological polar surface area (TPSA) is 46.6 Å². The molecule has 1 amide bonds. The first kappa shape index (κ1) is 17.5. The first-order valence-corrected chi connectivity index (χ1v) is 8.68. The van der Waals surface area contributed by atoms with Gasteiger partial charge >= 0.3 is 0 Å². The third-order valence-electron chi connectivity index (χ3n) is 4.81. The van der Waals surface area contributed by atoms with Gasteiger partial charge in [0.1, 0.15) is 11.5 Å². The molecule has 5 heteroatoms. The Balaban J connectivity index is 1.96. The second-order valence-electron chi connectivity index (χ2n) is 6.27. The smallest absolute Gasteiger partial charge is 0.232 e. The Morgan fingerprint density at radius 3 is 2.20 bits per heavy atom. The summed E-state index contributed by atoms with van der Waals surface area (Å²) in [6, 6.07) is 16.9. The highest BCUT2D eigenvalue weighted by Gasteiger charge is 2.44. The Kier molecular flexibility index (Phi) is 5.09. The summed E-state index contributed by atoms with van der Waals surface area (Å²) in [5.74, 6) is 1.34. The standard InChI is InChI=1S/C20H20ClNO3/c1-15(23)22-13-11-20(12-14-22,19(21)24)17-9-5-6-10-18(17)25-16-7-3-2-4-8-16/h2-10H,11-14H2,1H3. The molecule has 4 nitrogen and oxygen atoms in total. The third kappa shape index (κ3) is 3.54. The highest BCUT2D eigenvalue weighted by molar-refractivity contribution is 6.65. The van der Waals surface area contributed by atoms with Gasteiger partial charge in [-0.3, -0.25) is 9.59 Å². The fourth-order valence-corrected chi connectivity index (χ4v) is 3.63. The molecule has 0 radical (unpaired) electrons. The molecule has 0 aliphatic carbocycles. The molecule has 0 bridgehead atoms. The number of hydrogen-bond donors (Lipinski definition) is 0. The van der Waals surface area contributed by atoms with Gasteiger partial charge in [0, 0.05) is 25.6 Å². The molecule has 1 aliphatic heterocycles. The maximum atomic E-state index is 12.4. The highest BCUT2D eigenvalue weighted by atomic mass is 35.5. The lowest BCUT2D eigenvalue weighted by atomic mass is 9.73. The van der Waals surface area contributed by atoms with E-state index in [9.17, 15) is 9.59 Å². The molecular formula is C20H20ClNO3. The van der Waals surface area contributed by atoms with E-state index in [0.29, 0.717) is 37.4 Å². The molecule has 25 heavy (non-hydrogen) atoms. The molecule has 1 saturated heterocycles. The molecule has 1 aliphatic rings. The first-order chi connectivity index (χ1) is 12.0. The normalized spacial score (nSPS) is 16.3. The lowest BCUT2D eigenvalue weighted by Crippen LogP contribution is -2.47. The Hall–Kier alpha value is -2.33. The second kappa shape index (κ2) is 7.28. The van der Waals surface area contributed by atoms with Gasteiger partial charge in [0.05, 0.1) is 5.41 Å². The summed E-state index contributed by atoms with van der Waals surface area (Å²) < 4.78 is 6.02. The minimum atomic E-state index is -0.834. The molecule has 0 atom stereocenters. The average Bonchev–Trinajstić information content (AvgIpc) is 2.63. The van der Waals surface area contributed by atoms with Crippen LogP contribution in [0.15, 0.2) is 54.6 Å².